The van der Waals surface area contributed by atoms with Crippen molar-refractivity contribution in [3.63, 3.8) is 0 Å². The lowest BCUT2D eigenvalue weighted by Gasteiger charge is -2.14. The van der Waals surface area contributed by atoms with Crippen molar-refractivity contribution in [2.45, 2.75) is 13.8 Å². The summed E-state index contributed by atoms with van der Waals surface area (Å²) in [6.07, 6.45) is 0. The van der Waals surface area contributed by atoms with Crippen LogP contribution in [0.4, 0.5) is 11.4 Å². The van der Waals surface area contributed by atoms with E-state index in [-0.39, 0.29) is 17.6 Å². The van der Waals surface area contributed by atoms with Crippen molar-refractivity contribution in [3.8, 4) is 0 Å². The average Bonchev–Trinajstić information content (AvgIpc) is 2.96. The van der Waals surface area contributed by atoms with Crippen LogP contribution in [0, 0.1) is 0 Å². The van der Waals surface area contributed by atoms with E-state index < -0.39 is 0 Å². The second kappa shape index (κ2) is 6.36. The zero-order valence-corrected chi connectivity index (χ0v) is 15.1. The van der Waals surface area contributed by atoms with E-state index in [1.54, 1.807) is 41.3 Å². The molecule has 0 saturated heterocycles. The maximum Gasteiger partial charge on any atom is 0.258 e. The van der Waals surface area contributed by atoms with Crippen molar-refractivity contribution in [2.75, 3.05) is 16.8 Å². The number of hydrogen-bond donors (Lipinski definition) is 1. The van der Waals surface area contributed by atoms with Gasteiger partial charge in [0, 0.05) is 39.7 Å². The molecule has 0 aromatic heterocycles. The van der Waals surface area contributed by atoms with Crippen LogP contribution in [0.3, 0.4) is 0 Å². The Balaban J connectivity index is 1.71. The third kappa shape index (κ3) is 2.68. The van der Waals surface area contributed by atoms with E-state index in [2.05, 4.69) is 5.32 Å². The maximum absolute atomic E-state index is 12.6. The molecule has 27 heavy (non-hydrogen) atoms. The zero-order chi connectivity index (χ0) is 19.1. The summed E-state index contributed by atoms with van der Waals surface area (Å²) in [7, 11) is 0. The van der Waals surface area contributed by atoms with Crippen LogP contribution in [0.25, 0.3) is 10.8 Å². The van der Waals surface area contributed by atoms with Crippen LogP contribution >= 0.6 is 0 Å². The number of carbonyl (C=O) groups is 3. The van der Waals surface area contributed by atoms with E-state index in [0.717, 1.165) is 16.5 Å². The number of ketones is 1. The third-order valence-electron chi connectivity index (χ3n) is 4.90. The molecule has 0 unspecified atom stereocenters. The van der Waals surface area contributed by atoms with Crippen LogP contribution in [0.15, 0.2) is 54.6 Å². The van der Waals surface area contributed by atoms with Crippen molar-refractivity contribution in [2.24, 2.45) is 0 Å². The van der Waals surface area contributed by atoms with Gasteiger partial charge in [-0.3, -0.25) is 14.4 Å². The molecule has 0 saturated carbocycles. The summed E-state index contributed by atoms with van der Waals surface area (Å²) in [5, 5.41) is 4.63. The Hall–Kier alpha value is -3.47. The summed E-state index contributed by atoms with van der Waals surface area (Å²) in [5.41, 5.74) is 3.22. The first kappa shape index (κ1) is 17.0. The summed E-state index contributed by atoms with van der Waals surface area (Å²) in [6.45, 7) is 4.02. The van der Waals surface area contributed by atoms with Gasteiger partial charge in [-0.1, -0.05) is 24.3 Å². The molecule has 134 valence electrons. The van der Waals surface area contributed by atoms with Gasteiger partial charge in [0.1, 0.15) is 0 Å². The van der Waals surface area contributed by atoms with Crippen molar-refractivity contribution in [1.29, 1.82) is 0 Å². The second-order valence-electron chi connectivity index (χ2n) is 6.50. The highest BCUT2D eigenvalue weighted by atomic mass is 16.2. The van der Waals surface area contributed by atoms with E-state index in [4.69, 9.17) is 0 Å². The zero-order valence-electron chi connectivity index (χ0n) is 15.1. The van der Waals surface area contributed by atoms with Crippen molar-refractivity contribution >= 4 is 39.7 Å². The van der Waals surface area contributed by atoms with Crippen LogP contribution < -0.4 is 10.2 Å². The Morgan fingerprint density at radius 1 is 0.963 bits per heavy atom. The highest BCUT2D eigenvalue weighted by Crippen LogP contribution is 2.40. The van der Waals surface area contributed by atoms with Gasteiger partial charge in [0.2, 0.25) is 0 Å². The lowest BCUT2D eigenvalue weighted by Crippen LogP contribution is -2.25. The molecule has 1 aliphatic heterocycles. The number of Topliss-reactive ketones (excluding diaryl/α,β-unsaturated/α-hetero) is 1. The molecular formula is C22H18N2O3. The Labute approximate surface area is 156 Å². The summed E-state index contributed by atoms with van der Waals surface area (Å²) in [4.78, 5) is 38.3. The highest BCUT2D eigenvalue weighted by molar-refractivity contribution is 6.27. The minimum Gasteiger partial charge on any atom is -0.321 e. The minimum atomic E-state index is -0.262. The molecule has 0 bridgehead atoms. The predicted molar refractivity (Wildman–Crippen MR) is 106 cm³/mol. The van der Waals surface area contributed by atoms with Crippen molar-refractivity contribution in [1.82, 2.24) is 0 Å². The number of carbonyl (C=O) groups excluding carboxylic acids is 3. The van der Waals surface area contributed by atoms with E-state index >= 15 is 0 Å². The molecule has 0 spiro atoms. The van der Waals surface area contributed by atoms with Crippen LogP contribution in [0.2, 0.25) is 0 Å². The van der Waals surface area contributed by atoms with E-state index in [1.165, 1.54) is 6.92 Å². The van der Waals surface area contributed by atoms with Gasteiger partial charge in [-0.2, -0.15) is 0 Å². The van der Waals surface area contributed by atoms with Crippen molar-refractivity contribution < 1.29 is 14.4 Å². The van der Waals surface area contributed by atoms with Gasteiger partial charge < -0.3 is 10.2 Å². The number of amides is 2. The maximum atomic E-state index is 12.6. The lowest BCUT2D eigenvalue weighted by molar-refractivity contribution is 0.0991. The summed E-state index contributed by atoms with van der Waals surface area (Å²) in [6, 6.07) is 15.8. The van der Waals surface area contributed by atoms with Crippen LogP contribution in [0.5, 0.6) is 0 Å². The summed E-state index contributed by atoms with van der Waals surface area (Å²) < 4.78 is 0. The first-order valence-corrected chi connectivity index (χ1v) is 8.81. The van der Waals surface area contributed by atoms with Gasteiger partial charge >= 0.3 is 0 Å². The molecule has 0 atom stereocenters. The molecule has 2 amide bonds. The Morgan fingerprint density at radius 2 is 1.67 bits per heavy atom. The standard InChI is InChI=1S/C22H18N2O3/c1-3-24-19-6-4-5-16-18(12-11-17(20(16)19)22(24)27)23-21(26)15-9-7-14(8-10-15)13(2)25/h4-12H,3H2,1-2H3,(H,23,26). The molecule has 0 radical (unpaired) electrons. The van der Waals surface area contributed by atoms with Gasteiger partial charge in [0.05, 0.1) is 5.69 Å². The molecule has 1 N–H and O–H groups in total. The number of nitrogens with zero attached hydrogens (tertiary/aromatic N) is 1. The molecule has 1 aliphatic rings. The van der Waals surface area contributed by atoms with Crippen LogP contribution in [0.1, 0.15) is 44.9 Å². The largest absolute Gasteiger partial charge is 0.321 e. The number of rotatable bonds is 4. The fourth-order valence-corrected chi connectivity index (χ4v) is 3.52. The van der Waals surface area contributed by atoms with E-state index in [0.29, 0.717) is 28.9 Å². The number of hydrogen-bond acceptors (Lipinski definition) is 3. The molecule has 3 aromatic rings. The molecule has 1 heterocycles. The van der Waals surface area contributed by atoms with Gasteiger partial charge in [-0.05, 0) is 44.2 Å². The van der Waals surface area contributed by atoms with E-state index in [9.17, 15) is 14.4 Å². The number of nitrogens with one attached hydrogen (secondary N) is 1. The monoisotopic (exact) mass is 358 g/mol. The van der Waals surface area contributed by atoms with Gasteiger partial charge in [0.25, 0.3) is 11.8 Å². The first-order valence-electron chi connectivity index (χ1n) is 8.81. The van der Waals surface area contributed by atoms with Crippen LogP contribution in [-0.2, 0) is 0 Å². The topological polar surface area (TPSA) is 66.5 Å². The molecule has 5 heteroatoms. The van der Waals surface area contributed by atoms with Gasteiger partial charge in [-0.15, -0.1) is 0 Å². The number of benzene rings is 3. The van der Waals surface area contributed by atoms with Crippen LogP contribution in [-0.4, -0.2) is 24.1 Å². The average molecular weight is 358 g/mol. The molecule has 0 fully saturated rings. The fraction of sp³-hybridized carbons (Fsp3) is 0.136. The quantitative estimate of drug-likeness (QED) is 0.708. The van der Waals surface area contributed by atoms with Gasteiger partial charge in [0.15, 0.2) is 5.78 Å². The predicted octanol–water partition coefficient (Wildman–Crippen LogP) is 4.27. The SMILES string of the molecule is CCN1C(=O)c2ccc(NC(=O)c3ccc(C(C)=O)cc3)c3cccc1c23. The second-order valence-corrected chi connectivity index (χ2v) is 6.50. The van der Waals surface area contributed by atoms with E-state index in [1.807, 2.05) is 25.1 Å². The Kier molecular flexibility index (Phi) is 4.00. The van der Waals surface area contributed by atoms with Gasteiger partial charge in [-0.25, -0.2) is 0 Å². The molecule has 0 aliphatic carbocycles. The first-order chi connectivity index (χ1) is 13.0. The molecular weight excluding hydrogens is 340 g/mol. The fourth-order valence-electron chi connectivity index (χ4n) is 3.52. The Bertz CT molecular complexity index is 1100. The number of anilines is 2. The highest BCUT2D eigenvalue weighted by Gasteiger charge is 2.29. The molecule has 4 rings (SSSR count). The molecule has 5 nitrogen and oxygen atoms in total. The third-order valence-corrected chi connectivity index (χ3v) is 4.90. The lowest BCUT2D eigenvalue weighted by atomic mass is 10.0. The minimum absolute atomic E-state index is 0.0126. The Morgan fingerprint density at radius 3 is 2.33 bits per heavy atom. The summed E-state index contributed by atoms with van der Waals surface area (Å²) >= 11 is 0. The molecule has 3 aromatic carbocycles. The summed E-state index contributed by atoms with van der Waals surface area (Å²) in [5.74, 6) is -0.316. The smallest absolute Gasteiger partial charge is 0.258 e. The normalized spacial score (nSPS) is 12.5. The van der Waals surface area contributed by atoms with Crippen molar-refractivity contribution in [3.05, 3.63) is 71.3 Å².